The highest BCUT2D eigenvalue weighted by molar-refractivity contribution is 7.92. The van der Waals surface area contributed by atoms with Gasteiger partial charge in [0.05, 0.1) is 10.8 Å². The minimum Gasteiger partial charge on any atom is -0.345 e. The van der Waals surface area contributed by atoms with E-state index in [4.69, 9.17) is 17.0 Å². The van der Waals surface area contributed by atoms with E-state index in [1.54, 1.807) is 62.1 Å². The Kier molecular flexibility index (Phi) is 6.58. The minimum atomic E-state index is -3.89. The lowest BCUT2D eigenvalue weighted by Crippen LogP contribution is -2.13. The van der Waals surface area contributed by atoms with Crippen LogP contribution in [0.2, 0.25) is 5.02 Å². The van der Waals surface area contributed by atoms with Crippen molar-refractivity contribution in [1.29, 1.82) is 5.41 Å². The van der Waals surface area contributed by atoms with E-state index in [0.717, 1.165) is 5.56 Å². The molecule has 0 aliphatic heterocycles. The first-order valence-corrected chi connectivity index (χ1v) is 12.0. The Morgan fingerprint density at radius 1 is 1.21 bits per heavy atom. The molecule has 0 aliphatic rings. The fraction of sp³-hybridized carbons (Fsp3) is 0.0833. The van der Waals surface area contributed by atoms with E-state index >= 15 is 0 Å². The minimum absolute atomic E-state index is 0.0170. The first-order valence-electron chi connectivity index (χ1n) is 10.2. The highest BCUT2D eigenvalue weighted by Crippen LogP contribution is 2.25. The summed E-state index contributed by atoms with van der Waals surface area (Å²) in [5.41, 5.74) is 2.19. The Balaban J connectivity index is 1.66. The van der Waals surface area contributed by atoms with E-state index in [2.05, 4.69) is 19.7 Å². The fourth-order valence-corrected chi connectivity index (χ4v) is 4.85. The van der Waals surface area contributed by atoms with Gasteiger partial charge < -0.3 is 10.4 Å². The number of rotatable bonds is 8. The number of nitrogens with one attached hydrogen (secondary N) is 3. The van der Waals surface area contributed by atoms with Crippen LogP contribution in [0.5, 0.6) is 0 Å². The van der Waals surface area contributed by atoms with Gasteiger partial charge in [-0.2, -0.15) is 0 Å². The molecule has 2 aromatic carbocycles. The summed E-state index contributed by atoms with van der Waals surface area (Å²) in [4.78, 5) is 24.7. The van der Waals surface area contributed by atoms with E-state index in [0.29, 0.717) is 27.2 Å². The molecule has 34 heavy (non-hydrogen) atoms. The molecule has 0 spiro atoms. The largest absolute Gasteiger partial charge is 0.345 e. The maximum atomic E-state index is 13.3. The summed E-state index contributed by atoms with van der Waals surface area (Å²) in [7, 11) is -2.26. The predicted molar refractivity (Wildman–Crippen MR) is 134 cm³/mol. The number of hydrogen-bond acceptors (Lipinski definition) is 6. The predicted octanol–water partition coefficient (Wildman–Crippen LogP) is 4.68. The molecule has 172 valence electrons. The molecule has 1 atom stereocenters. The second-order valence-corrected chi connectivity index (χ2v) is 9.56. The van der Waals surface area contributed by atoms with Crippen molar-refractivity contribution in [3.05, 3.63) is 88.7 Å². The molecule has 10 heteroatoms. The van der Waals surface area contributed by atoms with Gasteiger partial charge in [-0.05, 0) is 42.0 Å². The monoisotopic (exact) mass is 493 g/mol. The number of halogens is 1. The van der Waals surface area contributed by atoms with Gasteiger partial charge in [0.15, 0.2) is 5.78 Å². The quantitative estimate of drug-likeness (QED) is 0.243. The number of aromatic amines is 1. The van der Waals surface area contributed by atoms with Crippen LogP contribution in [0.3, 0.4) is 0 Å². The Labute approximate surface area is 201 Å². The molecule has 0 amide bonds. The Bertz CT molecular complexity index is 1530. The number of anilines is 1. The third kappa shape index (κ3) is 4.75. The van der Waals surface area contributed by atoms with Crippen molar-refractivity contribution < 1.29 is 13.2 Å². The maximum absolute atomic E-state index is 13.3. The number of benzene rings is 2. The molecule has 2 heterocycles. The molecule has 8 nitrogen and oxygen atoms in total. The Morgan fingerprint density at radius 3 is 2.74 bits per heavy atom. The SMILES string of the molecule is CN=CC(C=N)c1cnc2[nH]cc(C(=O)c3cccc(NS(=O)(=O)c4cccc(Cl)c4)c3)c2c1. The van der Waals surface area contributed by atoms with Crippen molar-refractivity contribution >= 4 is 56.6 Å². The van der Waals surface area contributed by atoms with Crippen LogP contribution in [0.1, 0.15) is 27.4 Å². The van der Waals surface area contributed by atoms with E-state index < -0.39 is 10.0 Å². The van der Waals surface area contributed by atoms with Crippen molar-refractivity contribution in [2.24, 2.45) is 4.99 Å². The third-order valence-corrected chi connectivity index (χ3v) is 6.77. The Hall–Kier alpha value is -3.82. The summed E-state index contributed by atoms with van der Waals surface area (Å²) in [5, 5.41) is 8.53. The summed E-state index contributed by atoms with van der Waals surface area (Å²) in [6, 6.07) is 14.0. The van der Waals surface area contributed by atoms with E-state index in [1.165, 1.54) is 24.4 Å². The Morgan fingerprint density at radius 2 is 2.00 bits per heavy atom. The van der Waals surface area contributed by atoms with Crippen LogP contribution in [0, 0.1) is 5.41 Å². The van der Waals surface area contributed by atoms with Crippen molar-refractivity contribution in [3.63, 3.8) is 0 Å². The molecule has 4 rings (SSSR count). The van der Waals surface area contributed by atoms with Gasteiger partial charge in [-0.3, -0.25) is 14.5 Å². The summed E-state index contributed by atoms with van der Waals surface area (Å²) in [6.07, 6.45) is 6.08. The van der Waals surface area contributed by atoms with Crippen LogP contribution in [-0.4, -0.2) is 43.6 Å². The normalized spacial score (nSPS) is 12.6. The topological polar surface area (TPSA) is 128 Å². The van der Waals surface area contributed by atoms with Crippen LogP contribution in [0.15, 0.2) is 76.9 Å². The number of hydrogen-bond donors (Lipinski definition) is 3. The summed E-state index contributed by atoms with van der Waals surface area (Å²) < 4.78 is 27.9. The molecule has 0 bridgehead atoms. The first-order chi connectivity index (χ1) is 16.3. The number of sulfonamides is 1. The summed E-state index contributed by atoms with van der Waals surface area (Å²) >= 11 is 5.92. The number of fused-ring (bicyclic) bond motifs is 1. The molecular formula is C24H20ClN5O3S. The van der Waals surface area contributed by atoms with Gasteiger partial charge in [-0.1, -0.05) is 29.8 Å². The number of H-pyrrole nitrogens is 1. The van der Waals surface area contributed by atoms with E-state index in [1.807, 2.05) is 0 Å². The maximum Gasteiger partial charge on any atom is 0.261 e. The van der Waals surface area contributed by atoms with Crippen LogP contribution >= 0.6 is 11.6 Å². The number of aliphatic imine (C=N–C) groups is 1. The number of ketones is 1. The van der Waals surface area contributed by atoms with Gasteiger partial charge in [-0.25, -0.2) is 13.4 Å². The van der Waals surface area contributed by atoms with Crippen molar-refractivity contribution in [3.8, 4) is 0 Å². The smallest absolute Gasteiger partial charge is 0.261 e. The average Bonchev–Trinajstić information content (AvgIpc) is 3.25. The zero-order chi connectivity index (χ0) is 24.3. The standard InChI is InChI=1S/C24H20ClN5O3S/c1-27-12-17(11-26)16-9-21-22(14-29-24(21)28-13-16)23(31)15-4-2-6-19(8-15)30-34(32,33)20-7-3-5-18(25)10-20/h2-14,17,26,30H,1H3,(H,28,29). The van der Waals surface area contributed by atoms with Gasteiger partial charge >= 0.3 is 0 Å². The second-order valence-electron chi connectivity index (χ2n) is 7.44. The number of carbonyl (C=O) groups excluding carboxylic acids is 1. The molecule has 2 aromatic heterocycles. The number of pyridine rings is 1. The van der Waals surface area contributed by atoms with Gasteiger partial charge in [0.2, 0.25) is 0 Å². The molecule has 4 aromatic rings. The number of aromatic nitrogens is 2. The van der Waals surface area contributed by atoms with E-state index in [-0.39, 0.29) is 22.3 Å². The fourth-order valence-electron chi connectivity index (χ4n) is 3.50. The molecule has 0 fully saturated rings. The van der Waals surface area contributed by atoms with Crippen molar-refractivity contribution in [2.45, 2.75) is 10.8 Å². The lowest BCUT2D eigenvalue weighted by Gasteiger charge is -2.10. The van der Waals surface area contributed by atoms with Gasteiger partial charge in [0.25, 0.3) is 10.0 Å². The van der Waals surface area contributed by atoms with E-state index in [9.17, 15) is 13.2 Å². The average molecular weight is 494 g/mol. The summed E-state index contributed by atoms with van der Waals surface area (Å²) in [5.74, 6) is -0.659. The molecule has 0 radical (unpaired) electrons. The molecule has 0 aliphatic carbocycles. The van der Waals surface area contributed by atoms with Crippen molar-refractivity contribution in [1.82, 2.24) is 9.97 Å². The molecular weight excluding hydrogens is 474 g/mol. The number of nitrogens with zero attached hydrogens (tertiary/aromatic N) is 2. The van der Waals surface area contributed by atoms with Crippen LogP contribution in [-0.2, 0) is 10.0 Å². The highest BCUT2D eigenvalue weighted by atomic mass is 35.5. The summed E-state index contributed by atoms with van der Waals surface area (Å²) in [6.45, 7) is 0. The van der Waals surface area contributed by atoms with Crippen LogP contribution in [0.4, 0.5) is 5.69 Å². The molecule has 0 saturated heterocycles. The van der Waals surface area contributed by atoms with Crippen LogP contribution < -0.4 is 4.72 Å². The molecule has 0 saturated carbocycles. The van der Waals surface area contributed by atoms with Gasteiger partial charge in [0.1, 0.15) is 5.65 Å². The van der Waals surface area contributed by atoms with Gasteiger partial charge in [-0.15, -0.1) is 0 Å². The van der Waals surface area contributed by atoms with Crippen molar-refractivity contribution in [2.75, 3.05) is 11.8 Å². The first kappa shape index (κ1) is 23.3. The van der Waals surface area contributed by atoms with Gasteiger partial charge in [0, 0.05) is 59.1 Å². The lowest BCUT2D eigenvalue weighted by molar-refractivity contribution is 0.104. The zero-order valence-corrected chi connectivity index (χ0v) is 19.6. The zero-order valence-electron chi connectivity index (χ0n) is 18.0. The second kappa shape index (κ2) is 9.58. The van der Waals surface area contributed by atoms with Crippen LogP contribution in [0.25, 0.3) is 11.0 Å². The third-order valence-electron chi connectivity index (χ3n) is 5.15. The molecule has 3 N–H and O–H groups in total. The highest BCUT2D eigenvalue weighted by Gasteiger charge is 2.19. The lowest BCUT2D eigenvalue weighted by atomic mass is 9.99. The number of carbonyl (C=O) groups is 1. The molecule has 1 unspecified atom stereocenters.